The number of para-hydroxylation sites is 1. The summed E-state index contributed by atoms with van der Waals surface area (Å²) >= 11 is 0. The summed E-state index contributed by atoms with van der Waals surface area (Å²) in [5.74, 6) is 2.21. The van der Waals surface area contributed by atoms with Crippen LogP contribution in [0.2, 0.25) is 0 Å². The van der Waals surface area contributed by atoms with Gasteiger partial charge in [-0.3, -0.25) is 4.90 Å². The molecular formula is C23H31N3O5S. The molecule has 174 valence electrons. The van der Waals surface area contributed by atoms with Gasteiger partial charge in [-0.2, -0.15) is 0 Å². The topological polar surface area (TPSA) is 80.3 Å². The first-order valence-corrected chi connectivity index (χ1v) is 12.5. The van der Waals surface area contributed by atoms with Crippen LogP contribution in [0.1, 0.15) is 12.8 Å². The first-order chi connectivity index (χ1) is 15.6. The number of hydrogen-bond acceptors (Lipinski definition) is 7. The first kappa shape index (κ1) is 22.7. The van der Waals surface area contributed by atoms with Crippen molar-refractivity contribution in [3.05, 3.63) is 42.5 Å². The second-order valence-corrected chi connectivity index (χ2v) is 9.68. The van der Waals surface area contributed by atoms with E-state index in [4.69, 9.17) is 14.2 Å². The van der Waals surface area contributed by atoms with E-state index in [-0.39, 0.29) is 4.90 Å². The number of fused-ring (bicyclic) bond motifs is 1. The smallest absolute Gasteiger partial charge is 0.240 e. The van der Waals surface area contributed by atoms with E-state index in [1.54, 1.807) is 18.2 Å². The molecule has 1 saturated heterocycles. The van der Waals surface area contributed by atoms with E-state index in [0.29, 0.717) is 25.5 Å². The molecule has 0 bridgehead atoms. The Balaban J connectivity index is 1.18. The van der Waals surface area contributed by atoms with Crippen molar-refractivity contribution in [1.82, 2.24) is 9.62 Å². The van der Waals surface area contributed by atoms with E-state index in [2.05, 4.69) is 20.6 Å². The van der Waals surface area contributed by atoms with Gasteiger partial charge in [0.2, 0.25) is 10.0 Å². The maximum Gasteiger partial charge on any atom is 0.240 e. The van der Waals surface area contributed by atoms with Crippen LogP contribution in [0.4, 0.5) is 5.69 Å². The van der Waals surface area contributed by atoms with Gasteiger partial charge in [0.05, 0.1) is 17.7 Å². The van der Waals surface area contributed by atoms with Gasteiger partial charge >= 0.3 is 0 Å². The van der Waals surface area contributed by atoms with Gasteiger partial charge in [-0.15, -0.1) is 0 Å². The molecule has 2 aliphatic heterocycles. The largest absolute Gasteiger partial charge is 0.497 e. The highest BCUT2D eigenvalue weighted by atomic mass is 32.2. The molecule has 0 radical (unpaired) electrons. The molecule has 0 aromatic heterocycles. The van der Waals surface area contributed by atoms with Crippen LogP contribution in [0.25, 0.3) is 0 Å². The van der Waals surface area contributed by atoms with E-state index < -0.39 is 10.0 Å². The number of nitrogens with zero attached hydrogens (tertiary/aromatic N) is 2. The van der Waals surface area contributed by atoms with E-state index in [0.717, 1.165) is 62.8 Å². The molecular weight excluding hydrogens is 430 g/mol. The van der Waals surface area contributed by atoms with Crippen LogP contribution in [0.3, 0.4) is 0 Å². The average molecular weight is 462 g/mol. The van der Waals surface area contributed by atoms with Crippen molar-refractivity contribution in [1.29, 1.82) is 0 Å². The summed E-state index contributed by atoms with van der Waals surface area (Å²) in [6, 6.07) is 12.6. The monoisotopic (exact) mass is 461 g/mol. The Labute approximate surface area is 190 Å². The summed E-state index contributed by atoms with van der Waals surface area (Å²) < 4.78 is 44.2. The molecule has 1 N–H and O–H groups in total. The second kappa shape index (κ2) is 10.4. The molecule has 1 fully saturated rings. The highest BCUT2D eigenvalue weighted by molar-refractivity contribution is 7.89. The maximum atomic E-state index is 12.4. The van der Waals surface area contributed by atoms with Gasteiger partial charge in [0.1, 0.15) is 19.0 Å². The Kier molecular flexibility index (Phi) is 7.39. The lowest BCUT2D eigenvalue weighted by molar-refractivity contribution is 0.171. The third-order valence-electron chi connectivity index (χ3n) is 5.80. The zero-order valence-electron chi connectivity index (χ0n) is 18.5. The lowest BCUT2D eigenvalue weighted by Gasteiger charge is -2.37. The van der Waals surface area contributed by atoms with E-state index in [1.165, 1.54) is 13.2 Å². The number of methoxy groups -OCH3 is 1. The van der Waals surface area contributed by atoms with Crippen LogP contribution in [0.15, 0.2) is 47.4 Å². The number of piperazine rings is 1. The van der Waals surface area contributed by atoms with Gasteiger partial charge in [-0.05, 0) is 43.7 Å². The van der Waals surface area contributed by atoms with Crippen LogP contribution in [0, 0.1) is 0 Å². The molecule has 2 heterocycles. The Morgan fingerprint density at radius 2 is 1.78 bits per heavy atom. The van der Waals surface area contributed by atoms with E-state index in [9.17, 15) is 8.42 Å². The lowest BCUT2D eigenvalue weighted by Crippen LogP contribution is -2.46. The van der Waals surface area contributed by atoms with Crippen molar-refractivity contribution < 1.29 is 22.6 Å². The molecule has 8 nitrogen and oxygen atoms in total. The van der Waals surface area contributed by atoms with Gasteiger partial charge in [0.15, 0.2) is 11.5 Å². The van der Waals surface area contributed by atoms with Crippen molar-refractivity contribution in [2.45, 2.75) is 17.7 Å². The predicted octanol–water partition coefficient (Wildman–Crippen LogP) is 2.35. The van der Waals surface area contributed by atoms with Gasteiger partial charge in [-0.1, -0.05) is 12.1 Å². The summed E-state index contributed by atoms with van der Waals surface area (Å²) in [5.41, 5.74) is 1.11. The molecule has 0 unspecified atom stereocenters. The minimum absolute atomic E-state index is 0.227. The molecule has 0 atom stereocenters. The summed E-state index contributed by atoms with van der Waals surface area (Å²) in [6.45, 7) is 6.38. The number of unbranched alkanes of at least 4 members (excludes halogenated alkanes) is 1. The van der Waals surface area contributed by atoms with Gasteiger partial charge in [0.25, 0.3) is 0 Å². The molecule has 2 aliphatic rings. The number of ether oxygens (including phenoxy) is 3. The molecule has 2 aromatic rings. The van der Waals surface area contributed by atoms with Gasteiger partial charge in [0, 0.05) is 38.8 Å². The Morgan fingerprint density at radius 3 is 2.59 bits per heavy atom. The summed E-state index contributed by atoms with van der Waals surface area (Å²) in [4.78, 5) is 5.01. The fourth-order valence-electron chi connectivity index (χ4n) is 4.04. The molecule has 0 spiro atoms. The zero-order chi connectivity index (χ0) is 22.4. The van der Waals surface area contributed by atoms with E-state index in [1.807, 2.05) is 12.1 Å². The maximum absolute atomic E-state index is 12.4. The first-order valence-electron chi connectivity index (χ1n) is 11.1. The average Bonchev–Trinajstić information content (AvgIpc) is 2.84. The highest BCUT2D eigenvalue weighted by Gasteiger charge is 2.23. The molecule has 32 heavy (non-hydrogen) atoms. The Hall–Kier alpha value is -2.49. The van der Waals surface area contributed by atoms with Crippen molar-refractivity contribution >= 4 is 15.7 Å². The van der Waals surface area contributed by atoms with Crippen LogP contribution in [-0.2, 0) is 10.0 Å². The quantitative estimate of drug-likeness (QED) is 0.574. The standard InChI is InChI=1S/C23H31N3O5S/c1-29-19-6-4-7-20(18-19)32(27,28)24-10-2-3-11-25-12-14-26(15-13-25)21-8-5-9-22-23(21)31-17-16-30-22/h4-9,18,24H,2-3,10-17H2,1H3. The van der Waals surface area contributed by atoms with Crippen molar-refractivity contribution in [2.24, 2.45) is 0 Å². The summed E-state index contributed by atoms with van der Waals surface area (Å²) in [7, 11) is -1.99. The van der Waals surface area contributed by atoms with Crippen LogP contribution >= 0.6 is 0 Å². The number of rotatable bonds is 9. The third kappa shape index (κ3) is 5.46. The van der Waals surface area contributed by atoms with Gasteiger partial charge in [-0.25, -0.2) is 13.1 Å². The number of hydrogen-bond donors (Lipinski definition) is 1. The fourth-order valence-corrected chi connectivity index (χ4v) is 5.15. The van der Waals surface area contributed by atoms with Crippen molar-refractivity contribution in [3.8, 4) is 17.2 Å². The predicted molar refractivity (Wildman–Crippen MR) is 124 cm³/mol. The number of sulfonamides is 1. The molecule has 4 rings (SSSR count). The number of nitrogens with one attached hydrogen (secondary N) is 1. The molecule has 0 saturated carbocycles. The fraction of sp³-hybridized carbons (Fsp3) is 0.478. The van der Waals surface area contributed by atoms with Crippen LogP contribution in [-0.4, -0.2) is 72.9 Å². The third-order valence-corrected chi connectivity index (χ3v) is 7.26. The molecule has 9 heteroatoms. The SMILES string of the molecule is COc1cccc(S(=O)(=O)NCCCCN2CCN(c3cccc4c3OCCO4)CC2)c1. The molecule has 0 amide bonds. The molecule has 2 aromatic carbocycles. The summed E-state index contributed by atoms with van der Waals surface area (Å²) in [6.07, 6.45) is 1.74. The highest BCUT2D eigenvalue weighted by Crippen LogP contribution is 2.39. The zero-order valence-corrected chi connectivity index (χ0v) is 19.3. The van der Waals surface area contributed by atoms with Crippen LogP contribution < -0.4 is 23.8 Å². The molecule has 0 aliphatic carbocycles. The normalized spacial score (nSPS) is 16.7. The number of anilines is 1. The Morgan fingerprint density at radius 1 is 1.00 bits per heavy atom. The number of benzene rings is 2. The van der Waals surface area contributed by atoms with Gasteiger partial charge < -0.3 is 19.1 Å². The minimum atomic E-state index is -3.52. The lowest BCUT2D eigenvalue weighted by atomic mass is 10.2. The minimum Gasteiger partial charge on any atom is -0.497 e. The van der Waals surface area contributed by atoms with Crippen LogP contribution in [0.5, 0.6) is 17.2 Å². The summed E-state index contributed by atoms with van der Waals surface area (Å²) in [5, 5.41) is 0. The van der Waals surface area contributed by atoms with E-state index >= 15 is 0 Å². The Bertz CT molecular complexity index is 1010. The van der Waals surface area contributed by atoms with Crippen molar-refractivity contribution in [2.75, 3.05) is 64.5 Å². The second-order valence-electron chi connectivity index (χ2n) is 7.91. The van der Waals surface area contributed by atoms with Crippen molar-refractivity contribution in [3.63, 3.8) is 0 Å².